The Bertz CT molecular complexity index is 6.00. The minimum Gasteiger partial charge on any atom is -0.680 e. The fraction of sp³-hybridized carbons (Fsp3) is 0.500. The van der Waals surface area contributed by atoms with E-state index in [9.17, 15) is 0 Å². The van der Waals surface area contributed by atoms with Gasteiger partial charge in [0.05, 0.1) is 0 Å². The summed E-state index contributed by atoms with van der Waals surface area (Å²) in [4.78, 5) is 0. The van der Waals surface area contributed by atoms with Crippen LogP contribution in [0.3, 0.4) is 0 Å². The van der Waals surface area contributed by atoms with E-state index < -0.39 is 0 Å². The van der Waals surface area contributed by atoms with Crippen LogP contribution in [-0.2, 0) is 20.4 Å². The molecule has 2 heteroatoms. The van der Waals surface area contributed by atoms with Crippen molar-refractivity contribution in [1.82, 2.24) is 0 Å². The average molecular weight is 152 g/mol. The quantitative estimate of drug-likeness (QED) is 0.366. The molecule has 0 spiro atoms. The summed E-state index contributed by atoms with van der Waals surface area (Å²) in [5.74, 6) is 0. The van der Waals surface area contributed by atoms with Gasteiger partial charge in [-0.05, 0) is 0 Å². The summed E-state index contributed by atoms with van der Waals surface area (Å²) in [6.45, 7) is 0. The van der Waals surface area contributed by atoms with Crippen molar-refractivity contribution in [2.75, 3.05) is 7.05 Å². The Labute approximate surface area is 41.2 Å². The summed E-state index contributed by atoms with van der Waals surface area (Å²) in [7, 11) is 1.25. The summed E-state index contributed by atoms with van der Waals surface area (Å²) >= 11 is 0. The van der Waals surface area contributed by atoms with Gasteiger partial charge >= 0.3 is 20.4 Å². The maximum atomic E-state index is 5.75. The van der Waals surface area contributed by atoms with Gasteiger partial charge in [-0.1, -0.05) is 0 Å². The monoisotopic (exact) mass is 151 g/mol. The number of hydrogen-bond donors (Lipinski definition) is 0. The second-order valence-electron chi connectivity index (χ2n) is 0. The molecule has 0 saturated carbocycles. The molecule has 0 heterocycles. The Kier molecular flexibility index (Phi) is 371. The van der Waals surface area contributed by atoms with Crippen molar-refractivity contribution >= 4 is 0 Å². The van der Waals surface area contributed by atoms with Crippen LogP contribution in [0.2, 0.25) is 0 Å². The fourth-order valence-corrected chi connectivity index (χ4v) is 0. The first-order chi connectivity index (χ1) is 1.00. The van der Waals surface area contributed by atoms with Gasteiger partial charge in [-0.25, -0.2) is 0 Å². The van der Waals surface area contributed by atoms with Crippen molar-refractivity contribution < 1.29 is 20.4 Å². The summed E-state index contributed by atoms with van der Waals surface area (Å²) in [6.07, 6.45) is 0. The zero-order valence-corrected chi connectivity index (χ0v) is 4.37. The van der Waals surface area contributed by atoms with Gasteiger partial charge in [-0.2, -0.15) is 7.05 Å². The molecule has 1 nitrogen and oxygen atoms in total. The zero-order chi connectivity index (χ0) is 2.00. The summed E-state index contributed by atoms with van der Waals surface area (Å²) in [6, 6.07) is 0. The normalized spacial score (nSPS) is 1.50. The Morgan fingerprint density at radius 3 is 1.25 bits per heavy atom. The van der Waals surface area contributed by atoms with Gasteiger partial charge in [0, 0.05) is 0 Å². The summed E-state index contributed by atoms with van der Waals surface area (Å²) in [5, 5.41) is 0. The molecule has 4 heavy (non-hydrogen) atoms. The van der Waals surface area contributed by atoms with Crippen LogP contribution in [-0.4, -0.2) is 7.05 Å². The van der Waals surface area contributed by atoms with Gasteiger partial charge < -0.3 is 13.2 Å². The largest absolute Gasteiger partial charge is 2.00 e. The van der Waals surface area contributed by atoms with Crippen molar-refractivity contribution in [2.24, 2.45) is 0 Å². The van der Waals surface area contributed by atoms with E-state index >= 15 is 0 Å². The van der Waals surface area contributed by atoms with Crippen LogP contribution < -0.4 is 0 Å². The van der Waals surface area contributed by atoms with Gasteiger partial charge in [0.2, 0.25) is 0 Å². The predicted octanol–water partition coefficient (Wildman–Crippen LogP) is 1.12. The average Bonchev–Trinajstić information content (AvgIpc) is 1.00. The standard InChI is InChI=1S/CH4N.CH3.Pd/c1-2;;/h2H,1H3;1H3;/q2*-1;+2. The van der Waals surface area contributed by atoms with E-state index in [1.165, 1.54) is 7.05 Å². The molecule has 1 N–H and O–H groups in total. The number of nitrogens with one attached hydrogen (secondary N) is 1. The van der Waals surface area contributed by atoms with Gasteiger partial charge in [0.15, 0.2) is 0 Å². The Morgan fingerprint density at radius 1 is 1.25 bits per heavy atom. The summed E-state index contributed by atoms with van der Waals surface area (Å²) in [5.41, 5.74) is 5.75. The van der Waals surface area contributed by atoms with Crippen LogP contribution in [0.4, 0.5) is 0 Å². The van der Waals surface area contributed by atoms with E-state index in [0.29, 0.717) is 0 Å². The van der Waals surface area contributed by atoms with E-state index in [1.807, 2.05) is 0 Å². The molecular weight excluding hydrogens is 144 g/mol. The van der Waals surface area contributed by atoms with Crippen molar-refractivity contribution in [3.8, 4) is 0 Å². The van der Waals surface area contributed by atoms with Crippen LogP contribution in [0, 0.1) is 7.43 Å². The number of hydrogen-bond acceptors (Lipinski definition) is 0. The van der Waals surface area contributed by atoms with Gasteiger partial charge in [0.1, 0.15) is 0 Å². The Balaban J connectivity index is -0.00000000500. The molecule has 0 aromatic rings. The molecule has 0 fully saturated rings. The first-order valence-corrected chi connectivity index (χ1v) is 0.500. The first kappa shape index (κ1) is 23.0. The topological polar surface area (TPSA) is 23.8 Å². The maximum absolute atomic E-state index is 5.75. The SMILES string of the molecule is C[NH-].[CH3-].[Pd+2]. The third-order valence-electron chi connectivity index (χ3n) is 0. The maximum Gasteiger partial charge on any atom is 2.00 e. The molecule has 0 bridgehead atoms. The molecule has 0 amide bonds. The smallest absolute Gasteiger partial charge is 0.680 e. The van der Waals surface area contributed by atoms with Crippen LogP contribution in [0.5, 0.6) is 0 Å². The fourth-order valence-electron chi connectivity index (χ4n) is 0. The van der Waals surface area contributed by atoms with Crippen LogP contribution in [0.25, 0.3) is 5.73 Å². The zero-order valence-electron chi connectivity index (χ0n) is 2.82. The Hall–Kier alpha value is 0.622. The van der Waals surface area contributed by atoms with Crippen molar-refractivity contribution in [1.29, 1.82) is 0 Å². The van der Waals surface area contributed by atoms with Gasteiger partial charge in [0.25, 0.3) is 0 Å². The molecule has 0 rings (SSSR count). The predicted molar refractivity (Wildman–Crippen MR) is 16.7 cm³/mol. The molecule has 0 aliphatic heterocycles. The van der Waals surface area contributed by atoms with E-state index in [-0.39, 0.29) is 27.8 Å². The van der Waals surface area contributed by atoms with Crippen molar-refractivity contribution in [3.63, 3.8) is 0 Å². The van der Waals surface area contributed by atoms with Crippen LogP contribution in [0.15, 0.2) is 0 Å². The molecule has 0 radical (unpaired) electrons. The van der Waals surface area contributed by atoms with Crippen molar-refractivity contribution in [2.45, 2.75) is 0 Å². The molecule has 0 atom stereocenters. The minimum atomic E-state index is 0. The molecule has 0 aromatic heterocycles. The molecular formula is C2H7NPd. The molecule has 30 valence electrons. The van der Waals surface area contributed by atoms with Crippen LogP contribution >= 0.6 is 0 Å². The van der Waals surface area contributed by atoms with Crippen LogP contribution in [0.1, 0.15) is 0 Å². The first-order valence-electron chi connectivity index (χ1n) is 0.500. The van der Waals surface area contributed by atoms with E-state index in [2.05, 4.69) is 0 Å². The van der Waals surface area contributed by atoms with Crippen molar-refractivity contribution in [3.05, 3.63) is 13.2 Å². The third-order valence-corrected chi connectivity index (χ3v) is 0. The number of rotatable bonds is 0. The third kappa shape index (κ3) is 17.8. The molecule has 0 aromatic carbocycles. The van der Waals surface area contributed by atoms with E-state index in [0.717, 1.165) is 0 Å². The summed E-state index contributed by atoms with van der Waals surface area (Å²) < 4.78 is 0. The second kappa shape index (κ2) is 64.3. The molecule has 0 aliphatic rings. The Morgan fingerprint density at radius 2 is 1.25 bits per heavy atom. The van der Waals surface area contributed by atoms with E-state index in [1.54, 1.807) is 0 Å². The van der Waals surface area contributed by atoms with E-state index in [4.69, 9.17) is 5.73 Å². The van der Waals surface area contributed by atoms with Gasteiger partial charge in [-0.3, -0.25) is 0 Å². The van der Waals surface area contributed by atoms with Gasteiger partial charge in [-0.15, -0.1) is 0 Å². The molecule has 0 saturated heterocycles. The second-order valence-corrected chi connectivity index (χ2v) is 0. The molecule has 0 unspecified atom stereocenters. The molecule has 0 aliphatic carbocycles. The minimum absolute atomic E-state index is 0.